The molecule has 4 rings (SSSR count). The largest absolute Gasteiger partial charge is 0.467 e. The molecule has 3 aromatic heterocycles. The second kappa shape index (κ2) is 11.2. The highest BCUT2D eigenvalue weighted by molar-refractivity contribution is 5.71. The fourth-order valence-electron chi connectivity index (χ4n) is 4.18. The third kappa shape index (κ3) is 5.75. The molecule has 9 nitrogen and oxygen atoms in total. The Balaban J connectivity index is 1.77. The number of furan rings is 1. The maximum Gasteiger partial charge on any atom is 0.316 e. The van der Waals surface area contributed by atoms with Gasteiger partial charge in [0.05, 0.1) is 26.0 Å². The molecule has 0 aliphatic carbocycles. The number of fused-ring (bicyclic) bond motifs is 1. The SMILES string of the molecule is CCC(c1nc2occc2c(=O)n1Cc1ccccc1)N(CCN(C)C)Cc1cnc(OC)nc1. The fourth-order valence-corrected chi connectivity index (χ4v) is 4.18. The molecule has 4 aromatic rings. The van der Waals surface area contributed by atoms with Crippen LogP contribution in [0.4, 0.5) is 0 Å². The van der Waals surface area contributed by atoms with Crippen molar-refractivity contribution in [2.24, 2.45) is 0 Å². The van der Waals surface area contributed by atoms with Crippen molar-refractivity contribution in [3.63, 3.8) is 0 Å². The molecular weight excluding hydrogens is 444 g/mol. The molecule has 0 radical (unpaired) electrons. The number of rotatable bonds is 11. The first kappa shape index (κ1) is 24.6. The summed E-state index contributed by atoms with van der Waals surface area (Å²) in [5.74, 6) is 0.692. The molecule has 0 amide bonds. The maximum atomic E-state index is 13.6. The van der Waals surface area contributed by atoms with E-state index in [2.05, 4.69) is 26.7 Å². The lowest BCUT2D eigenvalue weighted by Gasteiger charge is -2.32. The summed E-state index contributed by atoms with van der Waals surface area (Å²) in [6, 6.07) is 11.9. The minimum absolute atomic E-state index is 0.0959. The lowest BCUT2D eigenvalue weighted by molar-refractivity contribution is 0.155. The zero-order valence-electron chi connectivity index (χ0n) is 20.7. The number of likely N-dealkylation sites (N-methyl/N-ethyl adjacent to an activating group) is 1. The Morgan fingerprint density at radius 3 is 2.46 bits per heavy atom. The standard InChI is InChI=1S/C26H32N6O3/c1-5-22(31(13-12-30(2)3)17-20-15-27-26(34-4)28-16-20)23-29-24-21(11-14-35-24)25(33)32(23)18-19-9-7-6-8-10-19/h6-11,14-16,22H,5,12-13,17-18H2,1-4H3. The highest BCUT2D eigenvalue weighted by Gasteiger charge is 2.26. The van der Waals surface area contributed by atoms with Crippen molar-refractivity contribution in [1.82, 2.24) is 29.3 Å². The Hall–Kier alpha value is -3.56. The van der Waals surface area contributed by atoms with Crippen LogP contribution in [0.1, 0.15) is 36.3 Å². The number of methoxy groups -OCH3 is 1. The van der Waals surface area contributed by atoms with E-state index in [9.17, 15) is 4.79 Å². The van der Waals surface area contributed by atoms with Crippen LogP contribution in [-0.2, 0) is 13.1 Å². The monoisotopic (exact) mass is 476 g/mol. The predicted molar refractivity (Wildman–Crippen MR) is 134 cm³/mol. The van der Waals surface area contributed by atoms with Crippen molar-refractivity contribution in [2.45, 2.75) is 32.5 Å². The summed E-state index contributed by atoms with van der Waals surface area (Å²) in [5, 5.41) is 0.489. The van der Waals surface area contributed by atoms with Gasteiger partial charge in [-0.2, -0.15) is 4.98 Å². The third-order valence-electron chi connectivity index (χ3n) is 6.01. The van der Waals surface area contributed by atoms with Crippen molar-refractivity contribution in [3.05, 3.63) is 82.4 Å². The zero-order valence-corrected chi connectivity index (χ0v) is 20.7. The molecule has 0 aliphatic rings. The van der Waals surface area contributed by atoms with Crippen molar-refractivity contribution in [1.29, 1.82) is 0 Å². The topological polar surface area (TPSA) is 89.5 Å². The van der Waals surface area contributed by atoms with Crippen LogP contribution in [0.25, 0.3) is 11.1 Å². The first-order valence-corrected chi connectivity index (χ1v) is 11.8. The highest BCUT2D eigenvalue weighted by Crippen LogP contribution is 2.26. The predicted octanol–water partition coefficient (Wildman–Crippen LogP) is 3.35. The maximum absolute atomic E-state index is 13.6. The summed E-state index contributed by atoms with van der Waals surface area (Å²) in [4.78, 5) is 31.4. The summed E-state index contributed by atoms with van der Waals surface area (Å²) >= 11 is 0. The molecular formula is C26H32N6O3. The van der Waals surface area contributed by atoms with Gasteiger partial charge >= 0.3 is 6.01 Å². The van der Waals surface area contributed by atoms with Crippen LogP contribution in [0.5, 0.6) is 6.01 Å². The number of hydrogen-bond acceptors (Lipinski definition) is 8. The molecule has 0 bridgehead atoms. The lowest BCUT2D eigenvalue weighted by atomic mass is 10.1. The van der Waals surface area contributed by atoms with Crippen LogP contribution < -0.4 is 10.3 Å². The van der Waals surface area contributed by atoms with Gasteiger partial charge in [-0.3, -0.25) is 14.3 Å². The van der Waals surface area contributed by atoms with Gasteiger partial charge in [0, 0.05) is 37.6 Å². The Bertz CT molecular complexity index is 1280. The minimum Gasteiger partial charge on any atom is -0.467 e. The zero-order chi connectivity index (χ0) is 24.8. The molecule has 0 saturated heterocycles. The number of nitrogens with zero attached hydrogens (tertiary/aromatic N) is 6. The average Bonchev–Trinajstić information content (AvgIpc) is 3.35. The highest BCUT2D eigenvalue weighted by atomic mass is 16.5. The lowest BCUT2D eigenvalue weighted by Crippen LogP contribution is -2.38. The van der Waals surface area contributed by atoms with Gasteiger partial charge in [0.15, 0.2) is 0 Å². The van der Waals surface area contributed by atoms with Crippen LogP contribution in [-0.4, -0.2) is 63.6 Å². The van der Waals surface area contributed by atoms with Crippen molar-refractivity contribution in [3.8, 4) is 6.01 Å². The van der Waals surface area contributed by atoms with Crippen molar-refractivity contribution < 1.29 is 9.15 Å². The number of hydrogen-bond donors (Lipinski definition) is 0. The van der Waals surface area contributed by atoms with Gasteiger partial charge in [-0.1, -0.05) is 37.3 Å². The summed E-state index contributed by atoms with van der Waals surface area (Å²) in [6.45, 7) is 4.78. The molecule has 184 valence electrons. The van der Waals surface area contributed by atoms with Gasteiger partial charge < -0.3 is 14.1 Å². The van der Waals surface area contributed by atoms with Crippen LogP contribution in [0, 0.1) is 0 Å². The van der Waals surface area contributed by atoms with E-state index in [0.29, 0.717) is 36.0 Å². The van der Waals surface area contributed by atoms with Crippen LogP contribution in [0.3, 0.4) is 0 Å². The molecule has 0 saturated carbocycles. The summed E-state index contributed by atoms with van der Waals surface area (Å²) in [5.41, 5.74) is 2.27. The smallest absolute Gasteiger partial charge is 0.316 e. The second-order valence-electron chi connectivity index (χ2n) is 8.76. The Labute approximate surface area is 205 Å². The van der Waals surface area contributed by atoms with E-state index in [0.717, 1.165) is 30.6 Å². The molecule has 1 aromatic carbocycles. The van der Waals surface area contributed by atoms with Crippen LogP contribution in [0.15, 0.2) is 64.3 Å². The molecule has 1 atom stereocenters. The van der Waals surface area contributed by atoms with Gasteiger partial charge in [-0.05, 0) is 32.1 Å². The first-order chi connectivity index (χ1) is 17.0. The van der Waals surface area contributed by atoms with Crippen molar-refractivity contribution in [2.75, 3.05) is 34.3 Å². The molecule has 35 heavy (non-hydrogen) atoms. The van der Waals surface area contributed by atoms with Gasteiger partial charge in [0.1, 0.15) is 11.2 Å². The van der Waals surface area contributed by atoms with E-state index in [1.165, 1.54) is 6.26 Å². The number of aromatic nitrogens is 4. The van der Waals surface area contributed by atoms with E-state index in [4.69, 9.17) is 14.1 Å². The quantitative estimate of drug-likeness (QED) is 0.326. The van der Waals surface area contributed by atoms with Gasteiger partial charge in [-0.25, -0.2) is 9.97 Å². The molecule has 0 N–H and O–H groups in total. The summed E-state index contributed by atoms with van der Waals surface area (Å²) < 4.78 is 12.5. The third-order valence-corrected chi connectivity index (χ3v) is 6.01. The van der Waals surface area contributed by atoms with E-state index in [1.807, 2.05) is 44.4 Å². The Morgan fingerprint density at radius 2 is 1.80 bits per heavy atom. The molecule has 0 spiro atoms. The van der Waals surface area contributed by atoms with Crippen molar-refractivity contribution >= 4 is 11.1 Å². The molecule has 0 fully saturated rings. The van der Waals surface area contributed by atoms with Crippen LogP contribution >= 0.6 is 0 Å². The average molecular weight is 477 g/mol. The first-order valence-electron chi connectivity index (χ1n) is 11.8. The van der Waals surface area contributed by atoms with E-state index < -0.39 is 0 Å². The molecule has 0 aliphatic heterocycles. The molecule has 1 unspecified atom stereocenters. The fraction of sp³-hybridized carbons (Fsp3) is 0.385. The van der Waals surface area contributed by atoms with Crippen LogP contribution in [0.2, 0.25) is 0 Å². The Morgan fingerprint density at radius 1 is 1.06 bits per heavy atom. The van der Waals surface area contributed by atoms with E-state index >= 15 is 0 Å². The van der Waals surface area contributed by atoms with Gasteiger partial charge in [0.2, 0.25) is 5.71 Å². The Kier molecular flexibility index (Phi) is 7.89. The minimum atomic E-state index is -0.122. The van der Waals surface area contributed by atoms with E-state index in [-0.39, 0.29) is 11.6 Å². The van der Waals surface area contributed by atoms with Gasteiger partial charge in [-0.15, -0.1) is 0 Å². The normalized spacial score (nSPS) is 12.5. The molecule has 3 heterocycles. The van der Waals surface area contributed by atoms with E-state index in [1.54, 1.807) is 30.1 Å². The van der Waals surface area contributed by atoms with Gasteiger partial charge in [0.25, 0.3) is 5.56 Å². The summed E-state index contributed by atoms with van der Waals surface area (Å²) in [6.07, 6.45) is 5.84. The number of benzene rings is 1. The molecule has 9 heteroatoms. The number of ether oxygens (including phenoxy) is 1. The summed E-state index contributed by atoms with van der Waals surface area (Å²) in [7, 11) is 5.65. The second-order valence-corrected chi connectivity index (χ2v) is 8.76.